The van der Waals surface area contributed by atoms with Crippen molar-refractivity contribution >= 4 is 16.9 Å². The Kier molecular flexibility index (Phi) is 2.56. The van der Waals surface area contributed by atoms with E-state index < -0.39 is 5.97 Å². The topological polar surface area (TPSA) is 55.1 Å². The van der Waals surface area contributed by atoms with E-state index >= 15 is 0 Å². The lowest BCUT2D eigenvalue weighted by Gasteiger charge is -2.05. The van der Waals surface area contributed by atoms with E-state index in [1.54, 1.807) is 12.1 Å². The van der Waals surface area contributed by atoms with Crippen molar-refractivity contribution in [2.75, 3.05) is 0 Å². The van der Waals surface area contributed by atoms with Gasteiger partial charge in [-0.25, -0.2) is 9.78 Å². The monoisotopic (exact) mass is 252 g/mol. The molecule has 2 aromatic heterocycles. The van der Waals surface area contributed by atoms with Crippen LogP contribution in [0.4, 0.5) is 0 Å². The molecule has 3 aromatic rings. The van der Waals surface area contributed by atoms with Crippen molar-refractivity contribution < 1.29 is 9.90 Å². The quantitative estimate of drug-likeness (QED) is 0.762. The van der Waals surface area contributed by atoms with Gasteiger partial charge in [0.2, 0.25) is 0 Å². The number of fused-ring (bicyclic) bond motifs is 1. The van der Waals surface area contributed by atoms with Crippen molar-refractivity contribution in [3.8, 4) is 5.82 Å². The first kappa shape index (κ1) is 11.5. The third kappa shape index (κ3) is 1.97. The number of benzene rings is 1. The largest absolute Gasteiger partial charge is 0.478 e. The molecular formula is C15H12N2O2. The standard InChI is InChI=1S/C15H12N2O2/c1-10-3-2-4-14(16-10)17-8-7-11-9-12(15(18)19)5-6-13(11)17/h2-9H,1H3,(H,18,19). The Balaban J connectivity index is 2.18. The van der Waals surface area contributed by atoms with Crippen LogP contribution in [0, 0.1) is 6.92 Å². The molecule has 2 heterocycles. The third-order valence-corrected chi connectivity index (χ3v) is 3.06. The van der Waals surface area contributed by atoms with Gasteiger partial charge < -0.3 is 9.67 Å². The minimum Gasteiger partial charge on any atom is -0.478 e. The molecular weight excluding hydrogens is 240 g/mol. The lowest BCUT2D eigenvalue weighted by atomic mass is 10.1. The molecule has 0 saturated carbocycles. The van der Waals surface area contributed by atoms with Crippen molar-refractivity contribution in [2.45, 2.75) is 6.92 Å². The number of carboxylic acids is 1. The average Bonchev–Trinajstić information content (AvgIpc) is 2.81. The predicted octanol–water partition coefficient (Wildman–Crippen LogP) is 3.03. The fourth-order valence-electron chi connectivity index (χ4n) is 2.14. The minimum absolute atomic E-state index is 0.294. The zero-order valence-corrected chi connectivity index (χ0v) is 10.4. The number of nitrogens with zero attached hydrogens (tertiary/aromatic N) is 2. The Hall–Kier alpha value is -2.62. The lowest BCUT2D eigenvalue weighted by Crippen LogP contribution is -1.98. The molecule has 0 aliphatic heterocycles. The fourth-order valence-corrected chi connectivity index (χ4v) is 2.14. The number of pyridine rings is 1. The van der Waals surface area contributed by atoms with Gasteiger partial charge in [0.1, 0.15) is 5.82 Å². The van der Waals surface area contributed by atoms with E-state index in [1.165, 1.54) is 0 Å². The number of aromatic nitrogens is 2. The molecule has 4 nitrogen and oxygen atoms in total. The maximum absolute atomic E-state index is 10.9. The van der Waals surface area contributed by atoms with Crippen LogP contribution in [0.25, 0.3) is 16.7 Å². The molecule has 0 atom stereocenters. The Morgan fingerprint density at radius 3 is 2.79 bits per heavy atom. The van der Waals surface area contributed by atoms with Crippen LogP contribution in [0.2, 0.25) is 0 Å². The fraction of sp³-hybridized carbons (Fsp3) is 0.0667. The summed E-state index contributed by atoms with van der Waals surface area (Å²) >= 11 is 0. The molecule has 0 aliphatic carbocycles. The van der Waals surface area contributed by atoms with E-state index in [-0.39, 0.29) is 0 Å². The Morgan fingerprint density at radius 2 is 2.05 bits per heavy atom. The Morgan fingerprint density at radius 1 is 1.21 bits per heavy atom. The molecule has 0 unspecified atom stereocenters. The molecule has 0 radical (unpaired) electrons. The number of hydrogen-bond acceptors (Lipinski definition) is 2. The van der Waals surface area contributed by atoms with Gasteiger partial charge in [-0.2, -0.15) is 0 Å². The van der Waals surface area contributed by atoms with Gasteiger partial charge in [0.25, 0.3) is 0 Å². The summed E-state index contributed by atoms with van der Waals surface area (Å²) in [6, 6.07) is 12.8. The highest BCUT2D eigenvalue weighted by Crippen LogP contribution is 2.21. The normalized spacial score (nSPS) is 10.8. The van der Waals surface area contributed by atoms with E-state index in [9.17, 15) is 4.79 Å². The second kappa shape index (κ2) is 4.24. The molecule has 0 spiro atoms. The first-order valence-electron chi connectivity index (χ1n) is 5.93. The third-order valence-electron chi connectivity index (χ3n) is 3.06. The number of hydrogen-bond donors (Lipinski definition) is 1. The highest BCUT2D eigenvalue weighted by molar-refractivity contribution is 5.94. The molecule has 0 fully saturated rings. The van der Waals surface area contributed by atoms with Gasteiger partial charge in [-0.1, -0.05) is 6.07 Å². The highest BCUT2D eigenvalue weighted by Gasteiger charge is 2.08. The molecule has 19 heavy (non-hydrogen) atoms. The number of rotatable bonds is 2. The van der Waals surface area contributed by atoms with E-state index in [4.69, 9.17) is 5.11 Å². The summed E-state index contributed by atoms with van der Waals surface area (Å²) in [5.74, 6) is -0.0820. The summed E-state index contributed by atoms with van der Waals surface area (Å²) in [5.41, 5.74) is 2.19. The maximum atomic E-state index is 10.9. The first-order valence-corrected chi connectivity index (χ1v) is 5.93. The molecule has 0 amide bonds. The second-order valence-corrected chi connectivity index (χ2v) is 4.40. The van der Waals surface area contributed by atoms with Crippen LogP contribution in [0.5, 0.6) is 0 Å². The molecule has 1 N–H and O–H groups in total. The predicted molar refractivity (Wildman–Crippen MR) is 72.8 cm³/mol. The van der Waals surface area contributed by atoms with Crippen LogP contribution in [-0.2, 0) is 0 Å². The number of aromatic carboxylic acids is 1. The summed E-state index contributed by atoms with van der Waals surface area (Å²) in [4.78, 5) is 15.4. The minimum atomic E-state index is -0.914. The maximum Gasteiger partial charge on any atom is 0.335 e. The van der Waals surface area contributed by atoms with Crippen molar-refractivity contribution in [2.24, 2.45) is 0 Å². The number of aryl methyl sites for hydroxylation is 1. The lowest BCUT2D eigenvalue weighted by molar-refractivity contribution is 0.0697. The highest BCUT2D eigenvalue weighted by atomic mass is 16.4. The van der Waals surface area contributed by atoms with Crippen molar-refractivity contribution in [3.63, 3.8) is 0 Å². The van der Waals surface area contributed by atoms with Gasteiger partial charge in [-0.15, -0.1) is 0 Å². The van der Waals surface area contributed by atoms with Gasteiger partial charge in [0.15, 0.2) is 0 Å². The molecule has 0 saturated heterocycles. The van der Waals surface area contributed by atoms with E-state index in [1.807, 2.05) is 48.0 Å². The molecule has 4 heteroatoms. The average molecular weight is 252 g/mol. The molecule has 3 rings (SSSR count). The van der Waals surface area contributed by atoms with Gasteiger partial charge in [-0.05, 0) is 43.3 Å². The Bertz CT molecular complexity index is 775. The summed E-state index contributed by atoms with van der Waals surface area (Å²) in [6.07, 6.45) is 1.90. The SMILES string of the molecule is Cc1cccc(-n2ccc3cc(C(=O)O)ccc32)n1. The summed E-state index contributed by atoms with van der Waals surface area (Å²) < 4.78 is 1.95. The summed E-state index contributed by atoms with van der Waals surface area (Å²) in [7, 11) is 0. The van der Waals surface area contributed by atoms with Gasteiger partial charge in [-0.3, -0.25) is 0 Å². The van der Waals surface area contributed by atoms with Crippen molar-refractivity contribution in [1.29, 1.82) is 0 Å². The van der Waals surface area contributed by atoms with Crippen LogP contribution >= 0.6 is 0 Å². The molecule has 0 aliphatic rings. The van der Waals surface area contributed by atoms with Crippen LogP contribution in [0.15, 0.2) is 48.7 Å². The molecule has 1 aromatic carbocycles. The van der Waals surface area contributed by atoms with Gasteiger partial charge in [0, 0.05) is 17.3 Å². The van der Waals surface area contributed by atoms with Crippen LogP contribution in [-0.4, -0.2) is 20.6 Å². The molecule has 94 valence electrons. The zero-order valence-electron chi connectivity index (χ0n) is 10.4. The zero-order chi connectivity index (χ0) is 13.4. The van der Waals surface area contributed by atoms with Gasteiger partial charge in [0.05, 0.1) is 11.1 Å². The van der Waals surface area contributed by atoms with Crippen LogP contribution in [0.1, 0.15) is 16.1 Å². The van der Waals surface area contributed by atoms with Gasteiger partial charge >= 0.3 is 5.97 Å². The smallest absolute Gasteiger partial charge is 0.335 e. The van der Waals surface area contributed by atoms with Crippen molar-refractivity contribution in [1.82, 2.24) is 9.55 Å². The summed E-state index contributed by atoms with van der Waals surface area (Å²) in [6.45, 7) is 1.94. The Labute approximate surface area is 109 Å². The van der Waals surface area contributed by atoms with E-state index in [2.05, 4.69) is 4.98 Å². The second-order valence-electron chi connectivity index (χ2n) is 4.40. The summed E-state index contributed by atoms with van der Waals surface area (Å²) in [5, 5.41) is 9.88. The molecule has 0 bridgehead atoms. The number of carboxylic acid groups (broad SMARTS) is 1. The van der Waals surface area contributed by atoms with Crippen LogP contribution in [0.3, 0.4) is 0 Å². The van der Waals surface area contributed by atoms with E-state index in [0.29, 0.717) is 5.56 Å². The first-order chi connectivity index (χ1) is 9.15. The van der Waals surface area contributed by atoms with E-state index in [0.717, 1.165) is 22.4 Å². The van der Waals surface area contributed by atoms with Crippen LogP contribution < -0.4 is 0 Å². The van der Waals surface area contributed by atoms with Crippen molar-refractivity contribution in [3.05, 3.63) is 59.9 Å². The number of carbonyl (C=O) groups is 1.